The van der Waals surface area contributed by atoms with E-state index in [2.05, 4.69) is 12.1 Å². The summed E-state index contributed by atoms with van der Waals surface area (Å²) < 4.78 is 16.3. The van der Waals surface area contributed by atoms with Gasteiger partial charge in [0, 0.05) is 19.6 Å². The number of carbonyl (C=O) groups excluding carboxylic acids is 1. The highest BCUT2D eigenvalue weighted by molar-refractivity contribution is 5.83. The Morgan fingerprint density at radius 2 is 1.72 bits per heavy atom. The van der Waals surface area contributed by atoms with Crippen molar-refractivity contribution in [1.82, 2.24) is 0 Å². The fraction of sp³-hybridized carbons (Fsp3) is 0.381. The quantitative estimate of drug-likeness (QED) is 0.755. The standard InChI is InChI=1S/C21H24O4/c1-23-20(22)21(12-15-24-16-13-21)18-7-9-19(10-8-18)25-14-11-17-5-3-2-4-6-17/h2-10H,11-16H2,1H3. The summed E-state index contributed by atoms with van der Waals surface area (Å²) in [7, 11) is 1.45. The average molecular weight is 340 g/mol. The molecule has 0 N–H and O–H groups in total. The first-order chi connectivity index (χ1) is 12.2. The molecule has 25 heavy (non-hydrogen) atoms. The Bertz CT molecular complexity index is 673. The van der Waals surface area contributed by atoms with Crippen molar-refractivity contribution in [2.45, 2.75) is 24.7 Å². The highest BCUT2D eigenvalue weighted by Crippen LogP contribution is 2.36. The van der Waals surface area contributed by atoms with Gasteiger partial charge in [0.15, 0.2) is 0 Å². The Labute approximate surface area is 148 Å². The zero-order chi connectivity index (χ0) is 17.5. The lowest BCUT2D eigenvalue weighted by Crippen LogP contribution is -2.42. The van der Waals surface area contributed by atoms with E-state index in [1.54, 1.807) is 0 Å². The largest absolute Gasteiger partial charge is 0.493 e. The van der Waals surface area contributed by atoms with Crippen LogP contribution < -0.4 is 4.74 Å². The fourth-order valence-electron chi connectivity index (χ4n) is 3.33. The van der Waals surface area contributed by atoms with Crippen molar-refractivity contribution in [1.29, 1.82) is 0 Å². The summed E-state index contributed by atoms with van der Waals surface area (Å²) in [6.45, 7) is 1.77. The number of hydrogen-bond acceptors (Lipinski definition) is 4. The van der Waals surface area contributed by atoms with Crippen LogP contribution in [0.15, 0.2) is 54.6 Å². The smallest absolute Gasteiger partial charge is 0.316 e. The maximum Gasteiger partial charge on any atom is 0.316 e. The van der Waals surface area contributed by atoms with E-state index in [1.807, 2.05) is 42.5 Å². The van der Waals surface area contributed by atoms with Crippen LogP contribution in [0.1, 0.15) is 24.0 Å². The molecular formula is C21H24O4. The minimum Gasteiger partial charge on any atom is -0.493 e. The van der Waals surface area contributed by atoms with E-state index < -0.39 is 5.41 Å². The first-order valence-electron chi connectivity index (χ1n) is 8.68. The fourth-order valence-corrected chi connectivity index (χ4v) is 3.33. The summed E-state index contributed by atoms with van der Waals surface area (Å²) in [5, 5.41) is 0. The van der Waals surface area contributed by atoms with E-state index in [4.69, 9.17) is 14.2 Å². The Morgan fingerprint density at radius 3 is 2.36 bits per heavy atom. The number of benzene rings is 2. The predicted octanol–water partition coefficient (Wildman–Crippen LogP) is 3.53. The van der Waals surface area contributed by atoms with E-state index in [-0.39, 0.29) is 5.97 Å². The van der Waals surface area contributed by atoms with E-state index >= 15 is 0 Å². The molecule has 0 atom stereocenters. The monoisotopic (exact) mass is 340 g/mol. The minimum atomic E-state index is -0.602. The summed E-state index contributed by atoms with van der Waals surface area (Å²) in [6, 6.07) is 18.1. The van der Waals surface area contributed by atoms with Gasteiger partial charge in [0.05, 0.1) is 19.1 Å². The molecule has 1 aliphatic rings. The van der Waals surface area contributed by atoms with E-state index in [1.165, 1.54) is 12.7 Å². The number of hydrogen-bond donors (Lipinski definition) is 0. The molecule has 1 aliphatic heterocycles. The number of ether oxygens (including phenoxy) is 3. The van der Waals surface area contributed by atoms with Crippen molar-refractivity contribution < 1.29 is 19.0 Å². The van der Waals surface area contributed by atoms with Crippen LogP contribution in [-0.4, -0.2) is 32.9 Å². The van der Waals surface area contributed by atoms with Gasteiger partial charge in [0.2, 0.25) is 0 Å². The second-order valence-electron chi connectivity index (χ2n) is 6.29. The first kappa shape index (κ1) is 17.5. The molecule has 1 heterocycles. The van der Waals surface area contributed by atoms with Gasteiger partial charge in [-0.1, -0.05) is 42.5 Å². The molecular weight excluding hydrogens is 316 g/mol. The van der Waals surface area contributed by atoms with Crippen molar-refractivity contribution in [3.05, 3.63) is 65.7 Å². The predicted molar refractivity (Wildman–Crippen MR) is 95.8 cm³/mol. The lowest BCUT2D eigenvalue weighted by atomic mass is 9.74. The Morgan fingerprint density at radius 1 is 1.04 bits per heavy atom. The number of rotatable bonds is 6. The molecule has 0 radical (unpaired) electrons. The molecule has 4 heteroatoms. The zero-order valence-electron chi connectivity index (χ0n) is 14.6. The second-order valence-corrected chi connectivity index (χ2v) is 6.29. The van der Waals surface area contributed by atoms with Crippen LogP contribution in [0.3, 0.4) is 0 Å². The SMILES string of the molecule is COC(=O)C1(c2ccc(OCCc3ccccc3)cc2)CCOCC1. The van der Waals surface area contributed by atoms with Crippen LogP contribution in [0, 0.1) is 0 Å². The van der Waals surface area contributed by atoms with E-state index in [0.29, 0.717) is 32.7 Å². The zero-order valence-corrected chi connectivity index (χ0v) is 14.6. The van der Waals surface area contributed by atoms with Crippen LogP contribution >= 0.6 is 0 Å². The van der Waals surface area contributed by atoms with Crippen LogP contribution in [0.2, 0.25) is 0 Å². The van der Waals surface area contributed by atoms with Crippen LogP contribution in [-0.2, 0) is 26.1 Å². The van der Waals surface area contributed by atoms with Crippen LogP contribution in [0.5, 0.6) is 5.75 Å². The Hall–Kier alpha value is -2.33. The van der Waals surface area contributed by atoms with Crippen molar-refractivity contribution >= 4 is 5.97 Å². The molecule has 132 valence electrons. The molecule has 0 aromatic heterocycles. The van der Waals surface area contributed by atoms with Crippen LogP contribution in [0.4, 0.5) is 0 Å². The molecule has 0 saturated carbocycles. The summed E-state index contributed by atoms with van der Waals surface area (Å²) in [5.41, 5.74) is 1.62. The summed E-state index contributed by atoms with van der Waals surface area (Å²) in [5.74, 6) is 0.625. The van der Waals surface area contributed by atoms with Gasteiger partial charge in [-0.15, -0.1) is 0 Å². The molecule has 2 aromatic rings. The lowest BCUT2D eigenvalue weighted by Gasteiger charge is -2.34. The van der Waals surface area contributed by atoms with Crippen molar-refractivity contribution in [3.63, 3.8) is 0 Å². The van der Waals surface area contributed by atoms with Crippen molar-refractivity contribution in [3.8, 4) is 5.75 Å². The molecule has 0 unspecified atom stereocenters. The third-order valence-corrected chi connectivity index (χ3v) is 4.83. The third-order valence-electron chi connectivity index (χ3n) is 4.83. The molecule has 4 nitrogen and oxygen atoms in total. The van der Waals surface area contributed by atoms with Gasteiger partial charge in [-0.25, -0.2) is 0 Å². The maximum absolute atomic E-state index is 12.4. The van der Waals surface area contributed by atoms with Crippen molar-refractivity contribution in [2.24, 2.45) is 0 Å². The minimum absolute atomic E-state index is 0.187. The molecule has 2 aromatic carbocycles. The van der Waals surface area contributed by atoms with E-state index in [0.717, 1.165) is 17.7 Å². The average Bonchev–Trinajstić information content (AvgIpc) is 2.69. The van der Waals surface area contributed by atoms with Crippen LogP contribution in [0.25, 0.3) is 0 Å². The van der Waals surface area contributed by atoms with Gasteiger partial charge in [0.25, 0.3) is 0 Å². The topological polar surface area (TPSA) is 44.8 Å². The highest BCUT2D eigenvalue weighted by Gasteiger charge is 2.42. The molecule has 0 spiro atoms. The Balaban J connectivity index is 1.65. The summed E-state index contributed by atoms with van der Waals surface area (Å²) in [6.07, 6.45) is 2.16. The van der Waals surface area contributed by atoms with Gasteiger partial charge in [-0.2, -0.15) is 0 Å². The number of carbonyl (C=O) groups is 1. The lowest BCUT2D eigenvalue weighted by molar-refractivity contribution is -0.151. The molecule has 0 aliphatic carbocycles. The van der Waals surface area contributed by atoms with Gasteiger partial charge >= 0.3 is 5.97 Å². The highest BCUT2D eigenvalue weighted by atomic mass is 16.5. The summed E-state index contributed by atoms with van der Waals surface area (Å²) >= 11 is 0. The van der Waals surface area contributed by atoms with Crippen molar-refractivity contribution in [2.75, 3.05) is 26.9 Å². The third kappa shape index (κ3) is 4.02. The van der Waals surface area contributed by atoms with Gasteiger partial charge in [0.1, 0.15) is 5.75 Å². The molecule has 0 amide bonds. The molecule has 3 rings (SSSR count). The Kier molecular flexibility index (Phi) is 5.71. The maximum atomic E-state index is 12.4. The van der Waals surface area contributed by atoms with Gasteiger partial charge < -0.3 is 14.2 Å². The second kappa shape index (κ2) is 8.17. The molecule has 0 bridgehead atoms. The molecule has 1 fully saturated rings. The van der Waals surface area contributed by atoms with E-state index in [9.17, 15) is 4.79 Å². The summed E-state index contributed by atoms with van der Waals surface area (Å²) in [4.78, 5) is 12.4. The molecule has 1 saturated heterocycles. The number of esters is 1. The van der Waals surface area contributed by atoms with Gasteiger partial charge in [-0.05, 0) is 36.1 Å². The number of methoxy groups -OCH3 is 1. The normalized spacial score (nSPS) is 16.2. The van der Waals surface area contributed by atoms with Gasteiger partial charge in [-0.3, -0.25) is 4.79 Å². The first-order valence-corrected chi connectivity index (χ1v) is 8.68.